The molecule has 1 unspecified atom stereocenters. The van der Waals surface area contributed by atoms with Gasteiger partial charge in [-0.2, -0.15) is 0 Å². The molecule has 1 heterocycles. The number of rotatable bonds is 5. The maximum Gasteiger partial charge on any atom is 0.173 e. The average Bonchev–Trinajstić information content (AvgIpc) is 2.88. The van der Waals surface area contributed by atoms with Gasteiger partial charge in [-0.1, -0.05) is 0 Å². The monoisotopic (exact) mass is 307 g/mol. The van der Waals surface area contributed by atoms with Crippen molar-refractivity contribution >= 4 is 23.0 Å². The molecule has 1 N–H and O–H groups in total. The van der Waals surface area contributed by atoms with E-state index in [2.05, 4.69) is 29.2 Å². The lowest BCUT2D eigenvalue weighted by Crippen LogP contribution is -2.43. The van der Waals surface area contributed by atoms with E-state index < -0.39 is 0 Å². The van der Waals surface area contributed by atoms with E-state index in [1.165, 1.54) is 12.8 Å². The number of benzene rings is 1. The standard InChI is InChI=1S/C16H25N3OS/c1-4-20-15-9-7-13(8-10-15)17-16(21)19-11-5-6-14(19)12-18(2)3/h7-10,14H,4-6,11-12H2,1-3H3,(H,17,21). The summed E-state index contributed by atoms with van der Waals surface area (Å²) in [5.41, 5.74) is 1.01. The number of nitrogens with one attached hydrogen (secondary N) is 1. The fourth-order valence-electron chi connectivity index (χ4n) is 2.71. The van der Waals surface area contributed by atoms with Gasteiger partial charge >= 0.3 is 0 Å². The van der Waals surface area contributed by atoms with Crippen LogP contribution in [0, 0.1) is 0 Å². The second-order valence-electron chi connectivity index (χ2n) is 5.64. The molecule has 4 nitrogen and oxygen atoms in total. The van der Waals surface area contributed by atoms with E-state index in [0.717, 1.165) is 29.6 Å². The van der Waals surface area contributed by atoms with Crippen molar-refractivity contribution in [2.45, 2.75) is 25.8 Å². The van der Waals surface area contributed by atoms with E-state index in [0.29, 0.717) is 12.6 Å². The molecule has 1 fully saturated rings. The summed E-state index contributed by atoms with van der Waals surface area (Å²) in [6.45, 7) is 4.76. The van der Waals surface area contributed by atoms with Gasteiger partial charge in [-0.25, -0.2) is 0 Å². The summed E-state index contributed by atoms with van der Waals surface area (Å²) in [6.07, 6.45) is 2.42. The van der Waals surface area contributed by atoms with E-state index in [9.17, 15) is 0 Å². The van der Waals surface area contributed by atoms with Gasteiger partial charge in [0.1, 0.15) is 5.75 Å². The normalized spacial score (nSPS) is 18.1. The minimum atomic E-state index is 0.516. The fraction of sp³-hybridized carbons (Fsp3) is 0.562. The van der Waals surface area contributed by atoms with Gasteiger partial charge in [-0.15, -0.1) is 0 Å². The molecule has 0 bridgehead atoms. The van der Waals surface area contributed by atoms with Crippen molar-refractivity contribution in [2.24, 2.45) is 0 Å². The predicted molar refractivity (Wildman–Crippen MR) is 92.1 cm³/mol. The molecular formula is C16H25N3OS. The van der Waals surface area contributed by atoms with Crippen molar-refractivity contribution < 1.29 is 4.74 Å². The molecule has 1 aromatic carbocycles. The number of likely N-dealkylation sites (tertiary alicyclic amines) is 1. The summed E-state index contributed by atoms with van der Waals surface area (Å²) < 4.78 is 5.45. The second-order valence-corrected chi connectivity index (χ2v) is 6.03. The highest BCUT2D eigenvalue weighted by Crippen LogP contribution is 2.21. The van der Waals surface area contributed by atoms with Crippen molar-refractivity contribution in [1.82, 2.24) is 9.80 Å². The Hall–Kier alpha value is -1.33. The summed E-state index contributed by atoms with van der Waals surface area (Å²) in [7, 11) is 4.22. The molecule has 1 aromatic rings. The second kappa shape index (κ2) is 7.61. The van der Waals surface area contributed by atoms with Gasteiger partial charge in [0.25, 0.3) is 0 Å². The Morgan fingerprint density at radius 1 is 1.38 bits per heavy atom. The van der Waals surface area contributed by atoms with Crippen molar-refractivity contribution in [2.75, 3.05) is 39.1 Å². The minimum absolute atomic E-state index is 0.516. The summed E-state index contributed by atoms with van der Waals surface area (Å²) in [5.74, 6) is 0.889. The van der Waals surface area contributed by atoms with Gasteiger partial charge in [0.05, 0.1) is 6.61 Å². The van der Waals surface area contributed by atoms with E-state index in [-0.39, 0.29) is 0 Å². The van der Waals surface area contributed by atoms with Crippen LogP contribution in [0.15, 0.2) is 24.3 Å². The van der Waals surface area contributed by atoms with Crippen molar-refractivity contribution in [1.29, 1.82) is 0 Å². The fourth-order valence-corrected chi connectivity index (χ4v) is 3.07. The molecule has 2 rings (SSSR count). The molecule has 0 spiro atoms. The third-order valence-corrected chi connectivity index (χ3v) is 3.97. The lowest BCUT2D eigenvalue weighted by Gasteiger charge is -2.29. The lowest BCUT2D eigenvalue weighted by atomic mass is 10.2. The molecule has 0 aliphatic carbocycles. The Morgan fingerprint density at radius 3 is 2.71 bits per heavy atom. The Morgan fingerprint density at radius 2 is 2.10 bits per heavy atom. The van der Waals surface area contributed by atoms with Crippen LogP contribution < -0.4 is 10.1 Å². The summed E-state index contributed by atoms with van der Waals surface area (Å²) in [6, 6.07) is 8.47. The quantitative estimate of drug-likeness (QED) is 0.845. The van der Waals surface area contributed by atoms with E-state index >= 15 is 0 Å². The Balaban J connectivity index is 1.93. The number of ether oxygens (including phenoxy) is 1. The molecule has 0 aromatic heterocycles. The predicted octanol–water partition coefficient (Wildman–Crippen LogP) is 2.81. The largest absolute Gasteiger partial charge is 0.494 e. The zero-order chi connectivity index (χ0) is 15.2. The highest BCUT2D eigenvalue weighted by atomic mass is 32.1. The van der Waals surface area contributed by atoms with Crippen LogP contribution in [0.5, 0.6) is 5.75 Å². The minimum Gasteiger partial charge on any atom is -0.494 e. The number of anilines is 1. The number of nitrogens with zero attached hydrogens (tertiary/aromatic N) is 2. The number of hydrogen-bond acceptors (Lipinski definition) is 3. The summed E-state index contributed by atoms with van der Waals surface area (Å²) in [4.78, 5) is 4.54. The molecule has 116 valence electrons. The zero-order valence-electron chi connectivity index (χ0n) is 13.1. The maximum atomic E-state index is 5.57. The van der Waals surface area contributed by atoms with Gasteiger partial charge in [-0.3, -0.25) is 0 Å². The molecule has 0 saturated carbocycles. The molecule has 0 radical (unpaired) electrons. The van der Waals surface area contributed by atoms with Crippen LogP contribution >= 0.6 is 12.2 Å². The molecule has 1 atom stereocenters. The lowest BCUT2D eigenvalue weighted by molar-refractivity contribution is 0.288. The van der Waals surface area contributed by atoms with Gasteiger partial charge in [-0.05, 0) is 70.3 Å². The van der Waals surface area contributed by atoms with Crippen LogP contribution in [0.3, 0.4) is 0 Å². The highest BCUT2D eigenvalue weighted by molar-refractivity contribution is 7.80. The smallest absolute Gasteiger partial charge is 0.173 e. The van der Waals surface area contributed by atoms with Crippen LogP contribution in [-0.4, -0.2) is 54.7 Å². The summed E-state index contributed by atoms with van der Waals surface area (Å²) >= 11 is 5.57. The van der Waals surface area contributed by atoms with Crippen LogP contribution in [0.2, 0.25) is 0 Å². The third-order valence-electron chi connectivity index (χ3n) is 3.63. The zero-order valence-corrected chi connectivity index (χ0v) is 13.9. The molecule has 21 heavy (non-hydrogen) atoms. The molecule has 1 aliphatic rings. The van der Waals surface area contributed by atoms with Crippen molar-refractivity contribution in [3.05, 3.63) is 24.3 Å². The van der Waals surface area contributed by atoms with Crippen LogP contribution in [0.4, 0.5) is 5.69 Å². The molecule has 5 heteroatoms. The van der Waals surface area contributed by atoms with E-state index in [4.69, 9.17) is 17.0 Å². The first kappa shape index (κ1) is 16.0. The van der Waals surface area contributed by atoms with Crippen LogP contribution in [0.25, 0.3) is 0 Å². The molecule has 1 saturated heterocycles. The van der Waals surface area contributed by atoms with Gasteiger partial charge < -0.3 is 19.9 Å². The molecule has 1 aliphatic heterocycles. The number of hydrogen-bond donors (Lipinski definition) is 1. The number of thiocarbonyl (C=S) groups is 1. The van der Waals surface area contributed by atoms with Crippen molar-refractivity contribution in [3.63, 3.8) is 0 Å². The highest BCUT2D eigenvalue weighted by Gasteiger charge is 2.26. The summed E-state index contributed by atoms with van der Waals surface area (Å²) in [5, 5.41) is 4.16. The van der Waals surface area contributed by atoms with E-state index in [1.807, 2.05) is 31.2 Å². The Kier molecular flexibility index (Phi) is 5.82. The maximum absolute atomic E-state index is 5.57. The SMILES string of the molecule is CCOc1ccc(NC(=S)N2CCCC2CN(C)C)cc1. The first-order valence-electron chi connectivity index (χ1n) is 7.55. The Bertz CT molecular complexity index is 461. The van der Waals surface area contributed by atoms with Crippen LogP contribution in [0.1, 0.15) is 19.8 Å². The molecule has 0 amide bonds. The molecular weight excluding hydrogens is 282 g/mol. The van der Waals surface area contributed by atoms with Gasteiger partial charge in [0.2, 0.25) is 0 Å². The first-order valence-corrected chi connectivity index (χ1v) is 7.96. The number of likely N-dealkylation sites (N-methyl/N-ethyl adjacent to an activating group) is 1. The topological polar surface area (TPSA) is 27.7 Å². The third kappa shape index (κ3) is 4.58. The van der Waals surface area contributed by atoms with Crippen molar-refractivity contribution in [3.8, 4) is 5.75 Å². The van der Waals surface area contributed by atoms with E-state index in [1.54, 1.807) is 0 Å². The van der Waals surface area contributed by atoms with Gasteiger partial charge in [0, 0.05) is 24.8 Å². The van der Waals surface area contributed by atoms with Gasteiger partial charge in [0.15, 0.2) is 5.11 Å². The first-order chi connectivity index (χ1) is 10.1. The average molecular weight is 307 g/mol. The van der Waals surface area contributed by atoms with Crippen LogP contribution in [-0.2, 0) is 0 Å². The Labute approximate surface area is 133 Å².